The maximum absolute atomic E-state index is 11.8. The Bertz CT molecular complexity index is 648. The van der Waals surface area contributed by atoms with Gasteiger partial charge in [-0.25, -0.2) is 5.43 Å². The van der Waals surface area contributed by atoms with E-state index in [1.807, 2.05) is 0 Å². The number of rotatable bonds is 3. The first-order chi connectivity index (χ1) is 9.58. The molecule has 0 saturated carbocycles. The van der Waals surface area contributed by atoms with Gasteiger partial charge < -0.3 is 10.2 Å². The van der Waals surface area contributed by atoms with Crippen LogP contribution < -0.4 is 5.43 Å². The van der Waals surface area contributed by atoms with Gasteiger partial charge in [0.2, 0.25) is 0 Å². The van der Waals surface area contributed by atoms with Crippen molar-refractivity contribution in [1.29, 1.82) is 0 Å². The number of para-hydroxylation sites is 1. The fourth-order valence-electron chi connectivity index (χ4n) is 1.65. The number of carbonyl (C=O) groups excluding carboxylic acids is 1. The van der Waals surface area contributed by atoms with Crippen LogP contribution in [0.5, 0.6) is 11.5 Å². The molecule has 0 saturated heterocycles. The zero-order chi connectivity index (χ0) is 14.5. The summed E-state index contributed by atoms with van der Waals surface area (Å²) in [5.74, 6) is -0.192. The van der Waals surface area contributed by atoms with Crippen LogP contribution >= 0.6 is 0 Å². The molecule has 102 valence electrons. The molecule has 0 aliphatic rings. The SMILES string of the molecule is C/C(=N/NC(=O)c1ccc(O)cc1)c1ccccc1O. The van der Waals surface area contributed by atoms with Crippen LogP contribution in [0.3, 0.4) is 0 Å². The molecular weight excluding hydrogens is 256 g/mol. The molecule has 0 spiro atoms. The van der Waals surface area contributed by atoms with E-state index in [-0.39, 0.29) is 17.4 Å². The minimum Gasteiger partial charge on any atom is -0.508 e. The second kappa shape index (κ2) is 5.88. The summed E-state index contributed by atoms with van der Waals surface area (Å²) in [5.41, 5.74) is 3.84. The second-order valence-corrected chi connectivity index (χ2v) is 4.20. The number of carbonyl (C=O) groups is 1. The lowest BCUT2D eigenvalue weighted by Gasteiger charge is -2.05. The molecule has 2 rings (SSSR count). The molecule has 0 radical (unpaired) electrons. The van der Waals surface area contributed by atoms with Gasteiger partial charge in [-0.2, -0.15) is 5.10 Å². The third-order valence-corrected chi connectivity index (χ3v) is 2.75. The van der Waals surface area contributed by atoms with Gasteiger partial charge in [0.15, 0.2) is 0 Å². The average molecular weight is 270 g/mol. The largest absolute Gasteiger partial charge is 0.508 e. The molecule has 5 heteroatoms. The van der Waals surface area contributed by atoms with Crippen LogP contribution in [0.4, 0.5) is 0 Å². The molecule has 1 amide bonds. The molecule has 2 aromatic carbocycles. The van der Waals surface area contributed by atoms with Crippen LogP contribution in [-0.2, 0) is 0 Å². The standard InChI is InChI=1S/C15H14N2O3/c1-10(13-4-2-3-5-14(13)19)16-17-15(20)11-6-8-12(18)9-7-11/h2-9,18-19H,1H3,(H,17,20)/b16-10-. The lowest BCUT2D eigenvalue weighted by Crippen LogP contribution is -2.19. The third kappa shape index (κ3) is 3.14. The summed E-state index contributed by atoms with van der Waals surface area (Å²) in [5, 5.41) is 22.8. The minimum absolute atomic E-state index is 0.0930. The molecule has 5 nitrogen and oxygen atoms in total. The Hall–Kier alpha value is -2.82. The van der Waals surface area contributed by atoms with Gasteiger partial charge in [0.1, 0.15) is 11.5 Å². The van der Waals surface area contributed by atoms with Gasteiger partial charge in [-0.1, -0.05) is 12.1 Å². The molecule has 0 aliphatic carbocycles. The summed E-state index contributed by atoms with van der Waals surface area (Å²) in [4.78, 5) is 11.8. The number of hydrogen-bond acceptors (Lipinski definition) is 4. The number of phenolic OH excluding ortho intramolecular Hbond substituents is 2. The Balaban J connectivity index is 2.11. The van der Waals surface area contributed by atoms with E-state index in [4.69, 9.17) is 5.11 Å². The van der Waals surface area contributed by atoms with E-state index in [1.165, 1.54) is 24.3 Å². The van der Waals surface area contributed by atoms with Crippen LogP contribution in [0.2, 0.25) is 0 Å². The number of phenols is 2. The van der Waals surface area contributed by atoms with Crippen LogP contribution in [-0.4, -0.2) is 21.8 Å². The van der Waals surface area contributed by atoms with Crippen molar-refractivity contribution < 1.29 is 15.0 Å². The average Bonchev–Trinajstić information content (AvgIpc) is 2.45. The van der Waals surface area contributed by atoms with E-state index in [2.05, 4.69) is 10.5 Å². The molecule has 2 aromatic rings. The zero-order valence-corrected chi connectivity index (χ0v) is 10.9. The number of benzene rings is 2. The van der Waals surface area contributed by atoms with Crippen LogP contribution in [0.25, 0.3) is 0 Å². The molecule has 0 heterocycles. The topological polar surface area (TPSA) is 81.9 Å². The Morgan fingerprint density at radius 2 is 1.70 bits per heavy atom. The van der Waals surface area contributed by atoms with Crippen molar-refractivity contribution in [1.82, 2.24) is 5.43 Å². The van der Waals surface area contributed by atoms with Crippen molar-refractivity contribution in [3.63, 3.8) is 0 Å². The van der Waals surface area contributed by atoms with E-state index >= 15 is 0 Å². The van der Waals surface area contributed by atoms with Gasteiger partial charge in [0.05, 0.1) is 5.71 Å². The smallest absolute Gasteiger partial charge is 0.271 e. The maximum Gasteiger partial charge on any atom is 0.271 e. The van der Waals surface area contributed by atoms with Gasteiger partial charge in [-0.15, -0.1) is 0 Å². The highest BCUT2D eigenvalue weighted by Gasteiger charge is 2.06. The molecule has 0 unspecified atom stereocenters. The number of hydrazone groups is 1. The van der Waals surface area contributed by atoms with E-state index in [0.29, 0.717) is 16.8 Å². The van der Waals surface area contributed by atoms with Gasteiger partial charge in [0, 0.05) is 11.1 Å². The van der Waals surface area contributed by atoms with E-state index in [0.717, 1.165) is 0 Å². The summed E-state index contributed by atoms with van der Waals surface area (Å²) in [6.45, 7) is 1.69. The first kappa shape index (κ1) is 13.6. The Morgan fingerprint density at radius 1 is 1.05 bits per heavy atom. The first-order valence-electron chi connectivity index (χ1n) is 6.00. The molecule has 0 aliphatic heterocycles. The van der Waals surface area contributed by atoms with Crippen molar-refractivity contribution in [2.75, 3.05) is 0 Å². The summed E-state index contributed by atoms with van der Waals surface area (Å²) in [6, 6.07) is 12.6. The molecular formula is C15H14N2O3. The van der Waals surface area contributed by atoms with Crippen molar-refractivity contribution in [3.05, 3.63) is 59.7 Å². The predicted molar refractivity (Wildman–Crippen MR) is 75.9 cm³/mol. The lowest BCUT2D eigenvalue weighted by molar-refractivity contribution is 0.0955. The van der Waals surface area contributed by atoms with Crippen molar-refractivity contribution in [2.24, 2.45) is 5.10 Å². The van der Waals surface area contributed by atoms with Gasteiger partial charge in [-0.05, 0) is 43.3 Å². The van der Waals surface area contributed by atoms with Crippen molar-refractivity contribution >= 4 is 11.6 Å². The predicted octanol–water partition coefficient (Wildman–Crippen LogP) is 2.25. The Morgan fingerprint density at radius 3 is 2.35 bits per heavy atom. The van der Waals surface area contributed by atoms with E-state index in [9.17, 15) is 9.90 Å². The number of nitrogens with zero attached hydrogens (tertiary/aromatic N) is 1. The molecule has 0 bridgehead atoms. The highest BCUT2D eigenvalue weighted by Crippen LogP contribution is 2.16. The molecule has 3 N–H and O–H groups in total. The first-order valence-corrected chi connectivity index (χ1v) is 6.00. The van der Waals surface area contributed by atoms with E-state index < -0.39 is 0 Å². The highest BCUT2D eigenvalue weighted by molar-refractivity contribution is 6.02. The molecule has 0 fully saturated rings. The van der Waals surface area contributed by atoms with Gasteiger partial charge in [-0.3, -0.25) is 4.79 Å². The maximum atomic E-state index is 11.8. The van der Waals surface area contributed by atoms with Crippen molar-refractivity contribution in [2.45, 2.75) is 6.92 Å². The minimum atomic E-state index is -0.389. The second-order valence-electron chi connectivity index (χ2n) is 4.20. The Labute approximate surface area is 116 Å². The van der Waals surface area contributed by atoms with Gasteiger partial charge in [0.25, 0.3) is 5.91 Å². The number of aromatic hydroxyl groups is 2. The zero-order valence-electron chi connectivity index (χ0n) is 10.9. The monoisotopic (exact) mass is 270 g/mol. The number of hydrogen-bond donors (Lipinski definition) is 3. The van der Waals surface area contributed by atoms with Crippen LogP contribution in [0.15, 0.2) is 53.6 Å². The number of amides is 1. The van der Waals surface area contributed by atoms with Crippen molar-refractivity contribution in [3.8, 4) is 11.5 Å². The Kier molecular flexibility index (Phi) is 4.00. The summed E-state index contributed by atoms with van der Waals surface area (Å²) >= 11 is 0. The van der Waals surface area contributed by atoms with Crippen LogP contribution in [0.1, 0.15) is 22.8 Å². The lowest BCUT2D eigenvalue weighted by atomic mass is 10.1. The summed E-state index contributed by atoms with van der Waals surface area (Å²) < 4.78 is 0. The summed E-state index contributed by atoms with van der Waals surface area (Å²) in [7, 11) is 0. The quantitative estimate of drug-likeness (QED) is 0.591. The molecule has 0 atom stereocenters. The van der Waals surface area contributed by atoms with Gasteiger partial charge >= 0.3 is 0 Å². The molecule has 0 aromatic heterocycles. The normalized spacial score (nSPS) is 11.2. The summed E-state index contributed by atoms with van der Waals surface area (Å²) in [6.07, 6.45) is 0. The van der Waals surface area contributed by atoms with Crippen LogP contribution in [0, 0.1) is 0 Å². The fourth-order valence-corrected chi connectivity index (χ4v) is 1.65. The fraction of sp³-hybridized carbons (Fsp3) is 0.0667. The third-order valence-electron chi connectivity index (χ3n) is 2.75. The van der Waals surface area contributed by atoms with E-state index in [1.54, 1.807) is 31.2 Å². The highest BCUT2D eigenvalue weighted by atomic mass is 16.3. The molecule has 20 heavy (non-hydrogen) atoms. The number of nitrogens with one attached hydrogen (secondary N) is 1.